The Kier molecular flexibility index (Phi) is 3.13. The number of nitrogens with zero attached hydrogens (tertiary/aromatic N) is 2. The van der Waals surface area contributed by atoms with E-state index < -0.39 is 17.6 Å². The summed E-state index contributed by atoms with van der Waals surface area (Å²) >= 11 is 0. The van der Waals surface area contributed by atoms with E-state index in [1.165, 1.54) is 18.5 Å². The molecule has 1 heterocycles. The summed E-state index contributed by atoms with van der Waals surface area (Å²) in [6, 6.07) is 7.76. The number of rotatable bonds is 3. The van der Waals surface area contributed by atoms with Crippen LogP contribution < -0.4 is 0 Å². The first-order chi connectivity index (χ1) is 10.0. The van der Waals surface area contributed by atoms with Crippen molar-refractivity contribution in [2.45, 2.75) is 6.54 Å². The van der Waals surface area contributed by atoms with Gasteiger partial charge in [-0.05, 0) is 36.4 Å². The highest BCUT2D eigenvalue weighted by Crippen LogP contribution is 2.18. The van der Waals surface area contributed by atoms with Crippen LogP contribution in [0, 0.1) is 11.6 Å². The van der Waals surface area contributed by atoms with E-state index in [4.69, 9.17) is 5.11 Å². The fourth-order valence-corrected chi connectivity index (χ4v) is 2.17. The zero-order valence-corrected chi connectivity index (χ0v) is 10.8. The van der Waals surface area contributed by atoms with Crippen LogP contribution in [-0.2, 0) is 6.54 Å². The number of carbonyl (C=O) groups is 1. The van der Waals surface area contributed by atoms with Gasteiger partial charge in [-0.1, -0.05) is 0 Å². The van der Waals surface area contributed by atoms with Gasteiger partial charge in [-0.3, -0.25) is 0 Å². The van der Waals surface area contributed by atoms with Gasteiger partial charge in [0.25, 0.3) is 0 Å². The fraction of sp³-hybridized carbons (Fsp3) is 0.0667. The van der Waals surface area contributed by atoms with Crippen molar-refractivity contribution in [1.29, 1.82) is 0 Å². The van der Waals surface area contributed by atoms with Crippen LogP contribution in [0.5, 0.6) is 0 Å². The Morgan fingerprint density at radius 2 is 2.00 bits per heavy atom. The molecule has 4 nitrogen and oxygen atoms in total. The second-order valence-corrected chi connectivity index (χ2v) is 4.62. The number of aromatic carboxylic acids is 1. The van der Waals surface area contributed by atoms with Crippen LogP contribution in [0.4, 0.5) is 8.78 Å². The molecule has 6 heteroatoms. The van der Waals surface area contributed by atoms with E-state index in [0.29, 0.717) is 11.0 Å². The largest absolute Gasteiger partial charge is 0.478 e. The molecule has 0 saturated carbocycles. The SMILES string of the molecule is O=C(O)c1ccc2c(c1)ncn2Cc1cc(F)ccc1F. The van der Waals surface area contributed by atoms with Gasteiger partial charge in [0.15, 0.2) is 0 Å². The van der Waals surface area contributed by atoms with Gasteiger partial charge in [0.05, 0.1) is 29.5 Å². The minimum absolute atomic E-state index is 0.118. The standard InChI is InChI=1S/C15H10F2N2O2/c16-11-2-3-12(17)10(5-11)7-19-8-18-13-6-9(15(20)21)1-4-14(13)19/h1-6,8H,7H2,(H,20,21). The van der Waals surface area contributed by atoms with Gasteiger partial charge in [0.1, 0.15) is 11.6 Å². The van der Waals surface area contributed by atoms with E-state index in [0.717, 1.165) is 18.2 Å². The maximum absolute atomic E-state index is 13.7. The van der Waals surface area contributed by atoms with E-state index in [1.54, 1.807) is 10.6 Å². The summed E-state index contributed by atoms with van der Waals surface area (Å²) in [5, 5.41) is 8.93. The van der Waals surface area contributed by atoms with Crippen LogP contribution in [0.1, 0.15) is 15.9 Å². The van der Waals surface area contributed by atoms with Gasteiger partial charge in [0, 0.05) is 5.56 Å². The predicted molar refractivity (Wildman–Crippen MR) is 72.2 cm³/mol. The van der Waals surface area contributed by atoms with Crippen LogP contribution in [0.25, 0.3) is 11.0 Å². The molecule has 3 aromatic rings. The second-order valence-electron chi connectivity index (χ2n) is 4.62. The topological polar surface area (TPSA) is 55.1 Å². The minimum Gasteiger partial charge on any atom is -0.478 e. The van der Waals surface area contributed by atoms with E-state index in [1.807, 2.05) is 0 Å². The average Bonchev–Trinajstić information content (AvgIpc) is 2.85. The molecule has 1 aromatic heterocycles. The van der Waals surface area contributed by atoms with E-state index in [2.05, 4.69) is 4.98 Å². The van der Waals surface area contributed by atoms with Crippen LogP contribution in [0.15, 0.2) is 42.7 Å². The average molecular weight is 288 g/mol. The van der Waals surface area contributed by atoms with Crippen molar-refractivity contribution < 1.29 is 18.7 Å². The van der Waals surface area contributed by atoms with Crippen molar-refractivity contribution in [2.75, 3.05) is 0 Å². The molecule has 0 amide bonds. The number of halogens is 2. The predicted octanol–water partition coefficient (Wildman–Crippen LogP) is 3.06. The Balaban J connectivity index is 2.01. The Morgan fingerprint density at radius 1 is 1.19 bits per heavy atom. The Bertz CT molecular complexity index is 843. The number of benzene rings is 2. The van der Waals surface area contributed by atoms with Gasteiger partial charge in [-0.15, -0.1) is 0 Å². The molecule has 0 aliphatic carbocycles. The van der Waals surface area contributed by atoms with E-state index >= 15 is 0 Å². The Hall–Kier alpha value is -2.76. The number of hydrogen-bond donors (Lipinski definition) is 1. The molecule has 0 fully saturated rings. The second kappa shape index (κ2) is 4.97. The summed E-state index contributed by atoms with van der Waals surface area (Å²) in [6.45, 7) is 0.118. The minimum atomic E-state index is -1.04. The number of carboxylic acid groups (broad SMARTS) is 1. The van der Waals surface area contributed by atoms with Crippen LogP contribution in [0.2, 0.25) is 0 Å². The van der Waals surface area contributed by atoms with Crippen LogP contribution in [-0.4, -0.2) is 20.6 Å². The normalized spacial score (nSPS) is 11.0. The highest BCUT2D eigenvalue weighted by atomic mass is 19.1. The van der Waals surface area contributed by atoms with Crippen molar-refractivity contribution in [2.24, 2.45) is 0 Å². The summed E-state index contributed by atoms with van der Waals surface area (Å²) < 4.78 is 28.5. The first-order valence-corrected chi connectivity index (χ1v) is 6.17. The number of hydrogen-bond acceptors (Lipinski definition) is 2. The molecule has 0 radical (unpaired) electrons. The zero-order chi connectivity index (χ0) is 15.0. The molecule has 0 bridgehead atoms. The molecule has 2 aromatic carbocycles. The molecule has 3 rings (SSSR count). The van der Waals surface area contributed by atoms with Gasteiger partial charge in [0.2, 0.25) is 0 Å². The summed E-state index contributed by atoms with van der Waals surface area (Å²) in [7, 11) is 0. The van der Waals surface area contributed by atoms with Gasteiger partial charge in [-0.2, -0.15) is 0 Å². The molecule has 21 heavy (non-hydrogen) atoms. The van der Waals surface area contributed by atoms with E-state index in [9.17, 15) is 13.6 Å². The van der Waals surface area contributed by atoms with Gasteiger partial charge in [-0.25, -0.2) is 18.6 Å². The summed E-state index contributed by atoms with van der Waals surface area (Å²) in [5.41, 5.74) is 1.48. The summed E-state index contributed by atoms with van der Waals surface area (Å²) in [5.74, 6) is -2.05. The molecular formula is C15H10F2N2O2. The molecule has 0 unspecified atom stereocenters. The molecule has 0 atom stereocenters. The Labute approximate surface area is 118 Å². The molecule has 106 valence electrons. The lowest BCUT2D eigenvalue weighted by molar-refractivity contribution is 0.0697. The maximum atomic E-state index is 13.7. The number of fused-ring (bicyclic) bond motifs is 1. The number of carboxylic acids is 1. The molecular weight excluding hydrogens is 278 g/mol. The van der Waals surface area contributed by atoms with Crippen molar-refractivity contribution in [1.82, 2.24) is 9.55 Å². The molecule has 0 saturated heterocycles. The number of aromatic nitrogens is 2. The summed E-state index contributed by atoms with van der Waals surface area (Å²) in [4.78, 5) is 15.0. The fourth-order valence-electron chi connectivity index (χ4n) is 2.17. The molecule has 0 aliphatic heterocycles. The highest BCUT2D eigenvalue weighted by molar-refractivity contribution is 5.92. The van der Waals surface area contributed by atoms with Crippen molar-refractivity contribution >= 4 is 17.0 Å². The van der Waals surface area contributed by atoms with Gasteiger partial charge >= 0.3 is 5.97 Å². The summed E-state index contributed by atoms with van der Waals surface area (Å²) in [6.07, 6.45) is 1.47. The van der Waals surface area contributed by atoms with Crippen molar-refractivity contribution in [3.63, 3.8) is 0 Å². The van der Waals surface area contributed by atoms with Crippen LogP contribution >= 0.6 is 0 Å². The zero-order valence-electron chi connectivity index (χ0n) is 10.8. The quantitative estimate of drug-likeness (QED) is 0.806. The number of imidazole rings is 1. The van der Waals surface area contributed by atoms with Crippen molar-refractivity contribution in [3.8, 4) is 0 Å². The van der Waals surface area contributed by atoms with Crippen molar-refractivity contribution in [3.05, 3.63) is 65.5 Å². The lowest BCUT2D eigenvalue weighted by Crippen LogP contribution is -2.02. The maximum Gasteiger partial charge on any atom is 0.335 e. The smallest absolute Gasteiger partial charge is 0.335 e. The third-order valence-corrected chi connectivity index (χ3v) is 3.22. The monoisotopic (exact) mass is 288 g/mol. The van der Waals surface area contributed by atoms with Crippen LogP contribution in [0.3, 0.4) is 0 Å². The Morgan fingerprint density at radius 3 is 2.76 bits per heavy atom. The lowest BCUT2D eigenvalue weighted by atomic mass is 10.2. The molecule has 0 aliphatic rings. The third kappa shape index (κ3) is 2.47. The van der Waals surface area contributed by atoms with E-state index in [-0.39, 0.29) is 17.7 Å². The van der Waals surface area contributed by atoms with Gasteiger partial charge < -0.3 is 9.67 Å². The first-order valence-electron chi connectivity index (χ1n) is 6.17. The highest BCUT2D eigenvalue weighted by Gasteiger charge is 2.10. The molecule has 1 N–H and O–H groups in total. The third-order valence-electron chi connectivity index (χ3n) is 3.22. The first kappa shape index (κ1) is 13.2. The molecule has 0 spiro atoms. The lowest BCUT2D eigenvalue weighted by Gasteiger charge is -2.06.